The van der Waals surface area contributed by atoms with Crippen molar-refractivity contribution in [3.05, 3.63) is 81.5 Å². The van der Waals surface area contributed by atoms with Crippen LogP contribution in [0, 0.1) is 0 Å². The second-order valence-electron chi connectivity index (χ2n) is 6.53. The topological polar surface area (TPSA) is 66.4 Å². The highest BCUT2D eigenvalue weighted by atomic mass is 35.5. The van der Waals surface area contributed by atoms with Gasteiger partial charge in [0.1, 0.15) is 11.0 Å². The number of hydrogen-bond acceptors (Lipinski definition) is 5. The zero-order valence-electron chi connectivity index (χ0n) is 14.6. The number of aromatic hydroxyl groups is 1. The third-order valence-electron chi connectivity index (χ3n) is 4.74. The van der Waals surface area contributed by atoms with Gasteiger partial charge in [-0.2, -0.15) is 11.3 Å². The molecule has 28 heavy (non-hydrogen) atoms. The van der Waals surface area contributed by atoms with Crippen LogP contribution in [-0.4, -0.2) is 22.0 Å². The number of nitrogens with one attached hydrogen (secondary N) is 1. The number of carbonyl (C=O) groups excluding carboxylic acids is 2. The van der Waals surface area contributed by atoms with Gasteiger partial charge in [0.2, 0.25) is 5.91 Å². The number of piperidine rings is 1. The van der Waals surface area contributed by atoms with Gasteiger partial charge in [0, 0.05) is 11.3 Å². The Balaban J connectivity index is 1.71. The summed E-state index contributed by atoms with van der Waals surface area (Å²) in [6, 6.07) is 15.7. The molecule has 142 valence electrons. The molecule has 1 aromatic heterocycles. The van der Waals surface area contributed by atoms with E-state index < -0.39 is 10.8 Å². The number of thioether (sulfide) groups is 1. The molecule has 2 heterocycles. The van der Waals surface area contributed by atoms with Crippen LogP contribution < -0.4 is 5.32 Å². The van der Waals surface area contributed by atoms with Crippen molar-refractivity contribution in [1.82, 2.24) is 5.32 Å². The second kappa shape index (κ2) is 7.62. The van der Waals surface area contributed by atoms with Gasteiger partial charge < -0.3 is 10.4 Å². The number of hydrogen-bond donors (Lipinski definition) is 2. The lowest BCUT2D eigenvalue weighted by Gasteiger charge is -2.40. The molecule has 2 atom stereocenters. The fraction of sp³-hybridized carbons (Fsp3) is 0.143. The van der Waals surface area contributed by atoms with E-state index in [0.717, 1.165) is 17.3 Å². The number of ketones is 1. The van der Waals surface area contributed by atoms with Crippen molar-refractivity contribution in [3.63, 3.8) is 0 Å². The third kappa shape index (κ3) is 3.43. The molecule has 1 fully saturated rings. The normalized spacial score (nSPS) is 22.1. The molecular formula is C21H16ClNO3S2. The Morgan fingerprint density at radius 3 is 2.61 bits per heavy atom. The predicted molar refractivity (Wildman–Crippen MR) is 112 cm³/mol. The number of thiophene rings is 1. The Morgan fingerprint density at radius 2 is 1.93 bits per heavy atom. The van der Waals surface area contributed by atoms with E-state index in [1.165, 1.54) is 11.3 Å². The largest absolute Gasteiger partial charge is 0.508 e. The first-order valence-electron chi connectivity index (χ1n) is 8.58. The Bertz CT molecular complexity index is 1020. The van der Waals surface area contributed by atoms with E-state index in [1.54, 1.807) is 36.4 Å². The van der Waals surface area contributed by atoms with Crippen molar-refractivity contribution in [2.24, 2.45) is 0 Å². The van der Waals surface area contributed by atoms with E-state index in [9.17, 15) is 14.7 Å². The quantitative estimate of drug-likeness (QED) is 0.595. The first kappa shape index (κ1) is 19.1. The maximum Gasteiger partial charge on any atom is 0.242 e. The zero-order chi connectivity index (χ0) is 19.7. The summed E-state index contributed by atoms with van der Waals surface area (Å²) in [4.78, 5) is 26.8. The summed E-state index contributed by atoms with van der Waals surface area (Å²) >= 11 is 8.85. The number of carbonyl (C=O) groups is 2. The van der Waals surface area contributed by atoms with Crippen LogP contribution in [0.4, 0.5) is 0 Å². The summed E-state index contributed by atoms with van der Waals surface area (Å²) in [6.07, 6.45) is 0.0983. The van der Waals surface area contributed by atoms with E-state index in [2.05, 4.69) is 5.32 Å². The van der Waals surface area contributed by atoms with Gasteiger partial charge in [0.25, 0.3) is 0 Å². The highest BCUT2D eigenvalue weighted by Gasteiger charge is 2.47. The molecule has 2 N–H and O–H groups in total. The lowest BCUT2D eigenvalue weighted by molar-refractivity contribution is -0.132. The molecule has 4 nitrogen and oxygen atoms in total. The molecule has 1 aliphatic heterocycles. The van der Waals surface area contributed by atoms with Gasteiger partial charge in [-0.05, 0) is 52.2 Å². The minimum atomic E-state index is -0.996. The van der Waals surface area contributed by atoms with Crippen LogP contribution in [0.15, 0.2) is 70.3 Å². The molecule has 7 heteroatoms. The third-order valence-corrected chi connectivity index (χ3v) is 7.19. The van der Waals surface area contributed by atoms with Crippen LogP contribution in [0.3, 0.4) is 0 Å². The van der Waals surface area contributed by atoms with Gasteiger partial charge in [-0.1, -0.05) is 35.9 Å². The maximum atomic E-state index is 13.1. The molecule has 0 unspecified atom stereocenters. The average Bonchev–Trinajstić information content (AvgIpc) is 3.21. The molecule has 4 rings (SSSR count). The molecule has 1 saturated heterocycles. The first-order chi connectivity index (χ1) is 13.5. The highest BCUT2D eigenvalue weighted by Crippen LogP contribution is 2.42. The van der Waals surface area contributed by atoms with Crippen molar-refractivity contribution in [2.75, 3.05) is 0 Å². The lowest BCUT2D eigenvalue weighted by Crippen LogP contribution is -2.57. The van der Waals surface area contributed by atoms with E-state index in [1.807, 2.05) is 29.0 Å². The van der Waals surface area contributed by atoms with Gasteiger partial charge in [-0.3, -0.25) is 9.59 Å². The number of halogens is 1. The molecule has 0 radical (unpaired) electrons. The van der Waals surface area contributed by atoms with Gasteiger partial charge >= 0.3 is 0 Å². The average molecular weight is 430 g/mol. The lowest BCUT2D eigenvalue weighted by atomic mass is 9.77. The van der Waals surface area contributed by atoms with Gasteiger partial charge in [-0.25, -0.2) is 0 Å². The summed E-state index contributed by atoms with van der Waals surface area (Å²) < 4.78 is 0. The van der Waals surface area contributed by atoms with Gasteiger partial charge in [0.05, 0.1) is 10.6 Å². The van der Waals surface area contributed by atoms with E-state index >= 15 is 0 Å². The highest BCUT2D eigenvalue weighted by molar-refractivity contribution is 8.01. The van der Waals surface area contributed by atoms with Gasteiger partial charge in [-0.15, -0.1) is 11.8 Å². The number of phenols is 1. The SMILES string of the molecule is O=C1C[C@@](c2ccsc2)(c2cccc(O)c2)NC(=O)[C@@H]1Sc1ccccc1Cl. The van der Waals surface area contributed by atoms with Crippen LogP contribution >= 0.6 is 34.7 Å². The zero-order valence-corrected chi connectivity index (χ0v) is 17.0. The van der Waals surface area contributed by atoms with Crippen molar-refractivity contribution in [3.8, 4) is 5.75 Å². The Kier molecular flexibility index (Phi) is 5.19. The van der Waals surface area contributed by atoms with Crippen LogP contribution in [0.5, 0.6) is 5.75 Å². The van der Waals surface area contributed by atoms with Crippen molar-refractivity contribution in [1.29, 1.82) is 0 Å². The molecule has 3 aromatic rings. The predicted octanol–water partition coefficient (Wildman–Crippen LogP) is 4.60. The molecule has 1 aliphatic rings. The minimum Gasteiger partial charge on any atom is -0.508 e. The van der Waals surface area contributed by atoms with Crippen molar-refractivity contribution < 1.29 is 14.7 Å². The Hall–Kier alpha value is -2.28. The minimum absolute atomic E-state index is 0.0846. The summed E-state index contributed by atoms with van der Waals surface area (Å²) in [5.74, 6) is -0.458. The number of amides is 1. The monoisotopic (exact) mass is 429 g/mol. The fourth-order valence-electron chi connectivity index (χ4n) is 3.40. The summed E-state index contributed by atoms with van der Waals surface area (Å²) in [7, 11) is 0. The fourth-order valence-corrected chi connectivity index (χ4v) is 5.37. The van der Waals surface area contributed by atoms with Crippen LogP contribution in [0.25, 0.3) is 0 Å². The van der Waals surface area contributed by atoms with Crippen molar-refractivity contribution >= 4 is 46.4 Å². The smallest absolute Gasteiger partial charge is 0.242 e. The molecule has 0 bridgehead atoms. The number of Topliss-reactive ketones (excluding diaryl/α,β-unsaturated/α-hetero) is 1. The molecule has 1 amide bonds. The van der Waals surface area contributed by atoms with Crippen LogP contribution in [-0.2, 0) is 15.1 Å². The molecule has 0 spiro atoms. The van der Waals surface area contributed by atoms with E-state index in [-0.39, 0.29) is 23.9 Å². The first-order valence-corrected chi connectivity index (χ1v) is 10.8. The Morgan fingerprint density at radius 1 is 1.11 bits per heavy atom. The standard InChI is InChI=1S/C21H16ClNO3S2/c22-16-6-1-2-7-18(16)28-19-17(25)11-21(23-20(19)26,14-8-9-27-12-14)13-4-3-5-15(24)10-13/h1-10,12,19,24H,11H2,(H,23,26)/t19-,21+/m1/s1. The summed E-state index contributed by atoms with van der Waals surface area (Å²) in [6.45, 7) is 0. The molecule has 2 aromatic carbocycles. The molecule has 0 saturated carbocycles. The number of phenolic OH excluding ortho intramolecular Hbond substituents is 1. The van der Waals surface area contributed by atoms with E-state index in [0.29, 0.717) is 15.5 Å². The van der Waals surface area contributed by atoms with Crippen LogP contribution in [0.1, 0.15) is 17.5 Å². The number of benzene rings is 2. The van der Waals surface area contributed by atoms with E-state index in [4.69, 9.17) is 11.6 Å². The van der Waals surface area contributed by atoms with Gasteiger partial charge in [0.15, 0.2) is 5.78 Å². The second-order valence-corrected chi connectivity index (χ2v) is 8.86. The Labute approximate surface area is 175 Å². The van der Waals surface area contributed by atoms with Crippen LogP contribution in [0.2, 0.25) is 5.02 Å². The molecule has 0 aliphatic carbocycles. The number of rotatable bonds is 4. The molecular weight excluding hydrogens is 414 g/mol. The maximum absolute atomic E-state index is 13.1. The van der Waals surface area contributed by atoms with Crippen molar-refractivity contribution in [2.45, 2.75) is 22.1 Å². The summed E-state index contributed by atoms with van der Waals surface area (Å²) in [5.41, 5.74) is 0.504. The summed E-state index contributed by atoms with van der Waals surface area (Å²) in [5, 5.41) is 16.5.